The van der Waals surface area contributed by atoms with Gasteiger partial charge in [0.1, 0.15) is 5.75 Å². The number of halogens is 2. The molecule has 0 spiro atoms. The number of rotatable bonds is 5. The largest absolute Gasteiger partial charge is 0.492 e. The van der Waals surface area contributed by atoms with Crippen molar-refractivity contribution in [1.82, 2.24) is 5.32 Å². The van der Waals surface area contributed by atoms with Gasteiger partial charge in [0.25, 0.3) is 0 Å². The molecular weight excluding hydrogens is 257 g/mol. The van der Waals surface area contributed by atoms with Gasteiger partial charge in [-0.2, -0.15) is 0 Å². The van der Waals surface area contributed by atoms with E-state index in [1.54, 1.807) is 18.2 Å². The van der Waals surface area contributed by atoms with Crippen LogP contribution in [-0.2, 0) is 0 Å². The number of hydrogen-bond acceptors (Lipinski definition) is 2. The average molecular weight is 276 g/mol. The summed E-state index contributed by atoms with van der Waals surface area (Å²) in [5, 5.41) is 4.63. The Bertz CT molecular complexity index is 361. The molecule has 0 aliphatic heterocycles. The van der Waals surface area contributed by atoms with Gasteiger partial charge in [-0.3, -0.25) is 0 Å². The van der Waals surface area contributed by atoms with Crippen LogP contribution in [0.4, 0.5) is 0 Å². The van der Waals surface area contributed by atoms with Gasteiger partial charge in [-0.1, -0.05) is 23.2 Å². The van der Waals surface area contributed by atoms with Gasteiger partial charge >= 0.3 is 0 Å². The predicted molar refractivity (Wildman–Crippen MR) is 74.3 cm³/mol. The third-order valence-electron chi connectivity index (χ3n) is 2.13. The molecule has 96 valence electrons. The molecule has 2 nitrogen and oxygen atoms in total. The average Bonchev–Trinajstić information content (AvgIpc) is 2.21. The van der Waals surface area contributed by atoms with Gasteiger partial charge in [-0.15, -0.1) is 0 Å². The standard InChI is InChI=1S/C13H19Cl2NO/c1-13(2,3)16-7-4-8-17-12-9-10(14)5-6-11(12)15/h5-6,9,16H,4,7-8H2,1-3H3. The fraction of sp³-hybridized carbons (Fsp3) is 0.538. The maximum atomic E-state index is 5.98. The first-order valence-electron chi connectivity index (χ1n) is 5.71. The lowest BCUT2D eigenvalue weighted by Gasteiger charge is -2.20. The number of hydrogen-bond donors (Lipinski definition) is 1. The summed E-state index contributed by atoms with van der Waals surface area (Å²) in [7, 11) is 0. The van der Waals surface area contributed by atoms with Gasteiger partial charge in [-0.25, -0.2) is 0 Å². The van der Waals surface area contributed by atoms with E-state index < -0.39 is 0 Å². The highest BCUT2D eigenvalue weighted by Gasteiger charge is 2.07. The summed E-state index contributed by atoms with van der Waals surface area (Å²) < 4.78 is 5.58. The molecule has 0 amide bonds. The monoisotopic (exact) mass is 275 g/mol. The van der Waals surface area contributed by atoms with E-state index in [2.05, 4.69) is 26.1 Å². The van der Waals surface area contributed by atoms with E-state index in [0.29, 0.717) is 22.4 Å². The summed E-state index contributed by atoms with van der Waals surface area (Å²) in [4.78, 5) is 0. The van der Waals surface area contributed by atoms with Crippen molar-refractivity contribution in [3.8, 4) is 5.75 Å². The Morgan fingerprint density at radius 1 is 1.24 bits per heavy atom. The molecule has 0 aliphatic carbocycles. The van der Waals surface area contributed by atoms with E-state index in [1.165, 1.54) is 0 Å². The van der Waals surface area contributed by atoms with E-state index >= 15 is 0 Å². The Labute approximate surface area is 113 Å². The van der Waals surface area contributed by atoms with Gasteiger partial charge in [0, 0.05) is 16.6 Å². The maximum Gasteiger partial charge on any atom is 0.139 e. The van der Waals surface area contributed by atoms with Gasteiger partial charge in [0.05, 0.1) is 11.6 Å². The predicted octanol–water partition coefficient (Wildman–Crippen LogP) is 4.15. The zero-order chi connectivity index (χ0) is 12.9. The van der Waals surface area contributed by atoms with Crippen molar-refractivity contribution in [1.29, 1.82) is 0 Å². The van der Waals surface area contributed by atoms with Crippen molar-refractivity contribution in [2.45, 2.75) is 32.7 Å². The second-order valence-electron chi connectivity index (χ2n) is 4.95. The van der Waals surface area contributed by atoms with Crippen molar-refractivity contribution in [3.05, 3.63) is 28.2 Å². The van der Waals surface area contributed by atoms with Crippen molar-refractivity contribution >= 4 is 23.2 Å². The van der Waals surface area contributed by atoms with E-state index in [1.807, 2.05) is 0 Å². The molecule has 17 heavy (non-hydrogen) atoms. The molecule has 1 aromatic carbocycles. The van der Waals surface area contributed by atoms with Crippen LogP contribution < -0.4 is 10.1 Å². The fourth-order valence-corrected chi connectivity index (χ4v) is 1.64. The molecule has 0 saturated carbocycles. The van der Waals surface area contributed by atoms with E-state index in [9.17, 15) is 0 Å². The van der Waals surface area contributed by atoms with Crippen molar-refractivity contribution in [2.24, 2.45) is 0 Å². The molecule has 0 unspecified atom stereocenters. The van der Waals surface area contributed by atoms with Crippen LogP contribution in [0.3, 0.4) is 0 Å². The van der Waals surface area contributed by atoms with Crippen molar-refractivity contribution in [3.63, 3.8) is 0 Å². The first kappa shape index (κ1) is 14.6. The van der Waals surface area contributed by atoms with Gasteiger partial charge in [-0.05, 0) is 45.9 Å². The lowest BCUT2D eigenvalue weighted by Crippen LogP contribution is -2.36. The first-order chi connectivity index (χ1) is 7.88. The maximum absolute atomic E-state index is 5.98. The van der Waals surface area contributed by atoms with Gasteiger partial charge < -0.3 is 10.1 Å². The Hall–Kier alpha value is -0.440. The molecule has 1 rings (SSSR count). The third kappa shape index (κ3) is 6.16. The van der Waals surface area contributed by atoms with Crippen LogP contribution in [0.15, 0.2) is 18.2 Å². The molecule has 4 heteroatoms. The summed E-state index contributed by atoms with van der Waals surface area (Å²) in [5.41, 5.74) is 0.147. The summed E-state index contributed by atoms with van der Waals surface area (Å²) >= 11 is 11.8. The number of nitrogens with one attached hydrogen (secondary N) is 1. The molecule has 1 aromatic rings. The van der Waals surface area contributed by atoms with Crippen molar-refractivity contribution < 1.29 is 4.74 Å². The smallest absolute Gasteiger partial charge is 0.139 e. The van der Waals surface area contributed by atoms with Crippen molar-refractivity contribution in [2.75, 3.05) is 13.2 Å². The SMILES string of the molecule is CC(C)(C)NCCCOc1cc(Cl)ccc1Cl. The zero-order valence-corrected chi connectivity index (χ0v) is 12.0. The molecule has 0 atom stereocenters. The molecule has 0 saturated heterocycles. The van der Waals surface area contributed by atoms with Crippen LogP contribution >= 0.6 is 23.2 Å². The lowest BCUT2D eigenvalue weighted by molar-refractivity contribution is 0.298. The molecule has 0 aliphatic rings. The Morgan fingerprint density at radius 3 is 2.59 bits per heavy atom. The Morgan fingerprint density at radius 2 is 1.94 bits per heavy atom. The molecule has 0 bridgehead atoms. The van der Waals surface area contributed by atoms with Crippen LogP contribution in [-0.4, -0.2) is 18.7 Å². The number of ether oxygens (including phenoxy) is 1. The summed E-state index contributed by atoms with van der Waals surface area (Å²) in [6.07, 6.45) is 0.931. The summed E-state index contributed by atoms with van der Waals surface area (Å²) in [6, 6.07) is 5.23. The highest BCUT2D eigenvalue weighted by molar-refractivity contribution is 6.34. The molecule has 1 N–H and O–H groups in total. The van der Waals surface area contributed by atoms with Gasteiger partial charge in [0.15, 0.2) is 0 Å². The zero-order valence-electron chi connectivity index (χ0n) is 10.5. The minimum absolute atomic E-state index is 0.147. The molecule has 0 aromatic heterocycles. The molecule has 0 fully saturated rings. The molecule has 0 radical (unpaired) electrons. The Kier molecular flexibility index (Phi) is 5.57. The minimum atomic E-state index is 0.147. The highest BCUT2D eigenvalue weighted by atomic mass is 35.5. The van der Waals surface area contributed by atoms with Gasteiger partial charge in [0.2, 0.25) is 0 Å². The molecular formula is C13H19Cl2NO. The highest BCUT2D eigenvalue weighted by Crippen LogP contribution is 2.27. The van der Waals surface area contributed by atoms with Crippen LogP contribution in [0.2, 0.25) is 10.0 Å². The van der Waals surface area contributed by atoms with Crippen LogP contribution in [0.25, 0.3) is 0 Å². The van der Waals surface area contributed by atoms with E-state index in [4.69, 9.17) is 27.9 Å². The second-order valence-corrected chi connectivity index (χ2v) is 5.80. The fourth-order valence-electron chi connectivity index (χ4n) is 1.31. The first-order valence-corrected chi connectivity index (χ1v) is 6.47. The van der Waals surface area contributed by atoms with E-state index in [-0.39, 0.29) is 5.54 Å². The third-order valence-corrected chi connectivity index (χ3v) is 2.67. The minimum Gasteiger partial charge on any atom is -0.492 e. The molecule has 0 heterocycles. The summed E-state index contributed by atoms with van der Waals surface area (Å²) in [5.74, 6) is 0.648. The van der Waals surface area contributed by atoms with Crippen LogP contribution in [0.5, 0.6) is 5.75 Å². The van der Waals surface area contributed by atoms with E-state index in [0.717, 1.165) is 13.0 Å². The normalized spacial score (nSPS) is 11.6. The van der Waals surface area contributed by atoms with Crippen LogP contribution in [0.1, 0.15) is 27.2 Å². The number of benzene rings is 1. The van der Waals surface area contributed by atoms with Crippen LogP contribution in [0, 0.1) is 0 Å². The quantitative estimate of drug-likeness (QED) is 0.816. The Balaban J connectivity index is 2.29. The lowest BCUT2D eigenvalue weighted by atomic mass is 10.1. The second kappa shape index (κ2) is 6.48. The summed E-state index contributed by atoms with van der Waals surface area (Å²) in [6.45, 7) is 7.97. The topological polar surface area (TPSA) is 21.3 Å².